The van der Waals surface area contributed by atoms with Gasteiger partial charge in [0.25, 0.3) is 0 Å². The van der Waals surface area contributed by atoms with E-state index in [1.165, 1.54) is 0 Å². The fourth-order valence-corrected chi connectivity index (χ4v) is 4.67. The molecule has 2 aromatic carbocycles. The number of piperazine rings is 1. The van der Waals surface area contributed by atoms with Crippen molar-refractivity contribution in [2.75, 3.05) is 31.1 Å². The van der Waals surface area contributed by atoms with E-state index in [2.05, 4.69) is 11.0 Å². The molecule has 1 fully saturated rings. The number of rotatable bonds is 3. The lowest BCUT2D eigenvalue weighted by molar-refractivity contribution is 0.384. The van der Waals surface area contributed by atoms with E-state index in [9.17, 15) is 8.42 Å². The molecule has 0 unspecified atom stereocenters. The second kappa shape index (κ2) is 6.70. The van der Waals surface area contributed by atoms with Gasteiger partial charge in [-0.25, -0.2) is 13.4 Å². The maximum Gasteiger partial charge on any atom is 0.243 e. The Morgan fingerprint density at radius 2 is 1.54 bits per heavy atom. The summed E-state index contributed by atoms with van der Waals surface area (Å²) in [5.41, 5.74) is 2.01. The quantitative estimate of drug-likeness (QED) is 0.714. The molecule has 6 heteroatoms. The summed E-state index contributed by atoms with van der Waals surface area (Å²) < 4.78 is 27.2. The Hall–Kier alpha value is -2.44. The average molecular weight is 367 g/mol. The molecule has 3 aromatic rings. The monoisotopic (exact) mass is 367 g/mol. The molecule has 1 saturated heterocycles. The highest BCUT2D eigenvalue weighted by Gasteiger charge is 2.28. The Morgan fingerprint density at radius 3 is 2.27 bits per heavy atom. The van der Waals surface area contributed by atoms with Crippen LogP contribution < -0.4 is 4.90 Å². The van der Waals surface area contributed by atoms with Gasteiger partial charge in [-0.05, 0) is 37.3 Å². The summed E-state index contributed by atoms with van der Waals surface area (Å²) in [6.07, 6.45) is 0. The van der Waals surface area contributed by atoms with Crippen molar-refractivity contribution in [2.24, 2.45) is 0 Å². The number of nitrogens with zero attached hydrogens (tertiary/aromatic N) is 3. The summed E-state index contributed by atoms with van der Waals surface area (Å²) in [5, 5.41) is 1.11. The molecule has 0 radical (unpaired) electrons. The molecule has 0 atom stereocenters. The molecule has 2 heterocycles. The zero-order chi connectivity index (χ0) is 18.1. The fourth-order valence-electron chi connectivity index (χ4n) is 3.25. The van der Waals surface area contributed by atoms with Crippen LogP contribution in [0.25, 0.3) is 10.9 Å². The van der Waals surface area contributed by atoms with Gasteiger partial charge in [0, 0.05) is 31.6 Å². The lowest BCUT2D eigenvalue weighted by Crippen LogP contribution is -2.48. The van der Waals surface area contributed by atoms with Crippen molar-refractivity contribution in [3.63, 3.8) is 0 Å². The van der Waals surface area contributed by atoms with E-state index in [0.717, 1.165) is 22.3 Å². The van der Waals surface area contributed by atoms with Crippen molar-refractivity contribution >= 4 is 26.7 Å². The molecule has 134 valence electrons. The molecule has 0 aliphatic carbocycles. The number of anilines is 1. The van der Waals surface area contributed by atoms with E-state index in [4.69, 9.17) is 4.98 Å². The van der Waals surface area contributed by atoms with Crippen molar-refractivity contribution in [3.8, 4) is 0 Å². The second-order valence-corrected chi connectivity index (χ2v) is 8.50. The van der Waals surface area contributed by atoms with Crippen LogP contribution in [0.15, 0.2) is 65.6 Å². The normalized spacial score (nSPS) is 16.1. The zero-order valence-electron chi connectivity index (χ0n) is 14.7. The second-order valence-electron chi connectivity index (χ2n) is 6.57. The SMILES string of the molecule is Cc1ccc(S(=O)(=O)N2CCN(c3ccc4ccccc4n3)CC2)cc1. The van der Waals surface area contributed by atoms with E-state index in [1.54, 1.807) is 16.4 Å². The first kappa shape index (κ1) is 17.0. The van der Waals surface area contributed by atoms with Crippen molar-refractivity contribution < 1.29 is 8.42 Å². The summed E-state index contributed by atoms with van der Waals surface area (Å²) in [5.74, 6) is 0.899. The standard InChI is InChI=1S/C20H21N3O2S/c1-16-6-9-18(10-7-16)26(24,25)23-14-12-22(13-15-23)20-11-8-17-4-2-3-5-19(17)21-20/h2-11H,12-15H2,1H3. The molecule has 0 spiro atoms. The van der Waals surface area contributed by atoms with Gasteiger partial charge in [0.05, 0.1) is 10.4 Å². The van der Waals surface area contributed by atoms with Crippen LogP contribution in [0.2, 0.25) is 0 Å². The van der Waals surface area contributed by atoms with Gasteiger partial charge < -0.3 is 4.90 Å². The molecule has 4 rings (SSSR count). The molecular formula is C20H21N3O2S. The largest absolute Gasteiger partial charge is 0.354 e. The van der Waals surface area contributed by atoms with Crippen LogP contribution in [0, 0.1) is 6.92 Å². The number of para-hydroxylation sites is 1. The number of fused-ring (bicyclic) bond motifs is 1. The van der Waals surface area contributed by atoms with E-state index in [0.29, 0.717) is 31.1 Å². The lowest BCUT2D eigenvalue weighted by atomic mass is 10.2. The molecule has 0 bridgehead atoms. The van der Waals surface area contributed by atoms with E-state index >= 15 is 0 Å². The van der Waals surface area contributed by atoms with Crippen molar-refractivity contribution in [1.82, 2.24) is 9.29 Å². The topological polar surface area (TPSA) is 53.5 Å². The van der Waals surface area contributed by atoms with Crippen LogP contribution in [0.3, 0.4) is 0 Å². The summed E-state index contributed by atoms with van der Waals surface area (Å²) in [4.78, 5) is 7.22. The third kappa shape index (κ3) is 3.18. The maximum absolute atomic E-state index is 12.8. The third-order valence-electron chi connectivity index (χ3n) is 4.81. The minimum atomic E-state index is -3.43. The molecule has 5 nitrogen and oxygen atoms in total. The molecule has 0 amide bonds. The van der Waals surface area contributed by atoms with Gasteiger partial charge in [-0.1, -0.05) is 35.9 Å². The number of hydrogen-bond donors (Lipinski definition) is 0. The third-order valence-corrected chi connectivity index (χ3v) is 6.72. The fraction of sp³-hybridized carbons (Fsp3) is 0.250. The van der Waals surface area contributed by atoms with Crippen LogP contribution in [0.1, 0.15) is 5.56 Å². The summed E-state index contributed by atoms with van der Waals surface area (Å²) in [6, 6.07) is 19.1. The van der Waals surface area contributed by atoms with Gasteiger partial charge in [-0.3, -0.25) is 0 Å². The molecule has 26 heavy (non-hydrogen) atoms. The molecule has 1 aliphatic heterocycles. The van der Waals surface area contributed by atoms with Crippen LogP contribution in [-0.2, 0) is 10.0 Å². The number of aryl methyl sites for hydroxylation is 1. The van der Waals surface area contributed by atoms with E-state index in [-0.39, 0.29) is 0 Å². The minimum Gasteiger partial charge on any atom is -0.354 e. The summed E-state index contributed by atoms with van der Waals surface area (Å²) in [7, 11) is -3.43. The molecule has 0 saturated carbocycles. The molecule has 1 aliphatic rings. The molecular weight excluding hydrogens is 346 g/mol. The van der Waals surface area contributed by atoms with E-state index in [1.807, 2.05) is 49.4 Å². The predicted molar refractivity (Wildman–Crippen MR) is 104 cm³/mol. The number of benzene rings is 2. The Balaban J connectivity index is 1.50. The van der Waals surface area contributed by atoms with Gasteiger partial charge >= 0.3 is 0 Å². The average Bonchev–Trinajstić information content (AvgIpc) is 2.68. The predicted octanol–water partition coefficient (Wildman–Crippen LogP) is 3.05. The Kier molecular flexibility index (Phi) is 4.38. The van der Waals surface area contributed by atoms with Crippen LogP contribution in [-0.4, -0.2) is 43.9 Å². The summed E-state index contributed by atoms with van der Waals surface area (Å²) >= 11 is 0. The molecule has 0 N–H and O–H groups in total. The number of aromatic nitrogens is 1. The maximum atomic E-state index is 12.8. The van der Waals surface area contributed by atoms with Gasteiger partial charge in [0.2, 0.25) is 10.0 Å². The van der Waals surface area contributed by atoms with Crippen molar-refractivity contribution in [1.29, 1.82) is 0 Å². The van der Waals surface area contributed by atoms with Crippen molar-refractivity contribution in [3.05, 3.63) is 66.2 Å². The number of sulfonamides is 1. The van der Waals surface area contributed by atoms with Crippen LogP contribution >= 0.6 is 0 Å². The van der Waals surface area contributed by atoms with Crippen molar-refractivity contribution in [2.45, 2.75) is 11.8 Å². The van der Waals surface area contributed by atoms with Gasteiger partial charge in [-0.15, -0.1) is 0 Å². The lowest BCUT2D eigenvalue weighted by Gasteiger charge is -2.34. The Bertz CT molecular complexity index is 1020. The number of pyridine rings is 1. The Morgan fingerprint density at radius 1 is 0.846 bits per heavy atom. The summed E-state index contributed by atoms with van der Waals surface area (Å²) in [6.45, 7) is 4.15. The van der Waals surface area contributed by atoms with Gasteiger partial charge in [0.1, 0.15) is 5.82 Å². The van der Waals surface area contributed by atoms with Gasteiger partial charge in [-0.2, -0.15) is 4.31 Å². The highest BCUT2D eigenvalue weighted by molar-refractivity contribution is 7.89. The van der Waals surface area contributed by atoms with Gasteiger partial charge in [0.15, 0.2) is 0 Å². The first-order valence-electron chi connectivity index (χ1n) is 8.72. The first-order chi connectivity index (χ1) is 12.5. The highest BCUT2D eigenvalue weighted by atomic mass is 32.2. The first-order valence-corrected chi connectivity index (χ1v) is 10.2. The van der Waals surface area contributed by atoms with Crippen LogP contribution in [0.4, 0.5) is 5.82 Å². The number of hydrogen-bond acceptors (Lipinski definition) is 4. The van der Waals surface area contributed by atoms with Crippen LogP contribution in [0.5, 0.6) is 0 Å². The van der Waals surface area contributed by atoms with E-state index < -0.39 is 10.0 Å². The molecule has 1 aromatic heterocycles. The smallest absolute Gasteiger partial charge is 0.243 e. The minimum absolute atomic E-state index is 0.361. The highest BCUT2D eigenvalue weighted by Crippen LogP contribution is 2.22. The Labute approximate surface area is 153 Å². The zero-order valence-corrected chi connectivity index (χ0v) is 15.5.